The van der Waals surface area contributed by atoms with E-state index in [1.165, 1.54) is 30.4 Å². The summed E-state index contributed by atoms with van der Waals surface area (Å²) in [6.45, 7) is 2.12. The fraction of sp³-hybridized carbons (Fsp3) is 0.333. The highest BCUT2D eigenvalue weighted by atomic mass is 16.1. The van der Waals surface area contributed by atoms with E-state index in [9.17, 15) is 4.79 Å². The Morgan fingerprint density at radius 1 is 1.04 bits per heavy atom. The number of nitrogens with zero attached hydrogens (tertiary/aromatic N) is 1. The van der Waals surface area contributed by atoms with Crippen LogP contribution in [0.5, 0.6) is 0 Å². The highest BCUT2D eigenvalue weighted by Crippen LogP contribution is 2.32. The van der Waals surface area contributed by atoms with Crippen LogP contribution in [-0.4, -0.2) is 16.4 Å². The molecule has 1 heterocycles. The lowest BCUT2D eigenvalue weighted by Gasteiger charge is -2.38. The number of carbonyl (C=O) groups excluding carboxylic acids is 1. The first-order valence-electron chi connectivity index (χ1n) is 9.86. The molecule has 1 fully saturated rings. The summed E-state index contributed by atoms with van der Waals surface area (Å²) in [4.78, 5) is 17.5. The van der Waals surface area contributed by atoms with Crippen molar-refractivity contribution in [3.63, 3.8) is 0 Å². The van der Waals surface area contributed by atoms with Gasteiger partial charge in [-0.3, -0.25) is 9.78 Å². The number of nitrogens with one attached hydrogen (secondary N) is 1. The minimum atomic E-state index is -0.158. The van der Waals surface area contributed by atoms with Gasteiger partial charge in [0.05, 0.1) is 11.1 Å². The summed E-state index contributed by atoms with van der Waals surface area (Å²) in [5.74, 6) is -0.0113. The number of hydrogen-bond donors (Lipinski definition) is 1. The van der Waals surface area contributed by atoms with Gasteiger partial charge in [0.2, 0.25) is 0 Å². The zero-order chi connectivity index (χ0) is 18.7. The highest BCUT2D eigenvalue weighted by Gasteiger charge is 2.34. The fourth-order valence-electron chi connectivity index (χ4n) is 4.30. The summed E-state index contributed by atoms with van der Waals surface area (Å²) in [6.07, 6.45) is 8.25. The van der Waals surface area contributed by atoms with Crippen molar-refractivity contribution in [3.05, 3.63) is 77.5 Å². The van der Waals surface area contributed by atoms with Crippen LogP contribution in [0.1, 0.15) is 53.6 Å². The summed E-state index contributed by atoms with van der Waals surface area (Å²) in [7, 11) is 0. The predicted octanol–water partition coefficient (Wildman–Crippen LogP) is 5.22. The quantitative estimate of drug-likeness (QED) is 0.695. The van der Waals surface area contributed by atoms with E-state index in [2.05, 4.69) is 41.5 Å². The summed E-state index contributed by atoms with van der Waals surface area (Å²) >= 11 is 0. The topological polar surface area (TPSA) is 42.0 Å². The Bertz CT molecular complexity index is 957. The van der Waals surface area contributed by atoms with Gasteiger partial charge in [-0.2, -0.15) is 0 Å². The lowest BCUT2D eigenvalue weighted by Crippen LogP contribution is -2.51. The van der Waals surface area contributed by atoms with Gasteiger partial charge in [-0.05, 0) is 43.9 Å². The van der Waals surface area contributed by atoms with Crippen LogP contribution >= 0.6 is 0 Å². The lowest BCUT2D eigenvalue weighted by molar-refractivity contribution is 0.0868. The van der Waals surface area contributed by atoms with Crippen molar-refractivity contribution in [2.45, 2.75) is 51.0 Å². The first-order chi connectivity index (χ1) is 13.1. The van der Waals surface area contributed by atoms with E-state index in [1.54, 1.807) is 6.20 Å². The number of aromatic nitrogens is 1. The van der Waals surface area contributed by atoms with Crippen molar-refractivity contribution in [1.82, 2.24) is 10.3 Å². The largest absolute Gasteiger partial charge is 0.346 e. The Morgan fingerprint density at radius 2 is 1.85 bits per heavy atom. The first kappa shape index (κ1) is 17.7. The molecule has 3 heteroatoms. The molecule has 0 atom stereocenters. The lowest BCUT2D eigenvalue weighted by atomic mass is 9.77. The number of para-hydroxylation sites is 1. The monoisotopic (exact) mass is 358 g/mol. The SMILES string of the molecule is Cc1cccc(CC2(NC(=O)c3cnc4ccccc4c3)CCCCC2)c1. The van der Waals surface area contributed by atoms with Crippen LogP contribution < -0.4 is 5.32 Å². The third-order valence-electron chi connectivity index (χ3n) is 5.67. The van der Waals surface area contributed by atoms with Gasteiger partial charge >= 0.3 is 0 Å². The van der Waals surface area contributed by atoms with Gasteiger partial charge < -0.3 is 5.32 Å². The van der Waals surface area contributed by atoms with Gasteiger partial charge in [-0.15, -0.1) is 0 Å². The molecular weight excluding hydrogens is 332 g/mol. The van der Waals surface area contributed by atoms with Crippen molar-refractivity contribution in [1.29, 1.82) is 0 Å². The third-order valence-corrected chi connectivity index (χ3v) is 5.67. The maximum absolute atomic E-state index is 13.1. The maximum Gasteiger partial charge on any atom is 0.253 e. The van der Waals surface area contributed by atoms with E-state index < -0.39 is 0 Å². The second kappa shape index (κ2) is 7.51. The smallest absolute Gasteiger partial charge is 0.253 e. The summed E-state index contributed by atoms with van der Waals surface area (Å²) in [6, 6.07) is 18.5. The molecule has 3 nitrogen and oxygen atoms in total. The van der Waals surface area contributed by atoms with Crippen LogP contribution in [0, 0.1) is 6.92 Å². The Balaban J connectivity index is 1.59. The van der Waals surface area contributed by atoms with Crippen LogP contribution in [-0.2, 0) is 6.42 Å². The second-order valence-electron chi connectivity index (χ2n) is 7.88. The van der Waals surface area contributed by atoms with Gasteiger partial charge in [-0.25, -0.2) is 0 Å². The Hall–Kier alpha value is -2.68. The molecule has 0 bridgehead atoms. The molecule has 1 amide bonds. The average molecular weight is 358 g/mol. The van der Waals surface area contributed by atoms with Crippen LogP contribution in [0.2, 0.25) is 0 Å². The zero-order valence-corrected chi connectivity index (χ0v) is 15.9. The van der Waals surface area contributed by atoms with Crippen molar-refractivity contribution in [2.75, 3.05) is 0 Å². The first-order valence-corrected chi connectivity index (χ1v) is 9.86. The Kier molecular flexibility index (Phi) is 4.93. The van der Waals surface area contributed by atoms with Gasteiger partial charge in [0.25, 0.3) is 5.91 Å². The molecular formula is C24H26N2O. The van der Waals surface area contributed by atoms with Crippen LogP contribution in [0.15, 0.2) is 60.8 Å². The standard InChI is InChI=1S/C24H26N2O/c1-18-8-7-9-19(14-18)16-24(12-5-2-6-13-24)26-23(27)21-15-20-10-3-4-11-22(20)25-17-21/h3-4,7-11,14-15,17H,2,5-6,12-13,16H2,1H3,(H,26,27). The molecule has 2 aromatic carbocycles. The van der Waals surface area contributed by atoms with Gasteiger partial charge in [0.1, 0.15) is 0 Å². The van der Waals surface area contributed by atoms with Crippen molar-refractivity contribution in [3.8, 4) is 0 Å². The Labute approximate surface area is 160 Å². The molecule has 1 aliphatic rings. The molecule has 1 aromatic heterocycles. The summed E-state index contributed by atoms with van der Waals surface area (Å²) in [5, 5.41) is 4.40. The molecule has 1 aliphatic carbocycles. The minimum Gasteiger partial charge on any atom is -0.346 e. The summed E-state index contributed by atoms with van der Waals surface area (Å²) < 4.78 is 0. The zero-order valence-electron chi connectivity index (χ0n) is 15.9. The Morgan fingerprint density at radius 3 is 2.67 bits per heavy atom. The number of carbonyl (C=O) groups is 1. The normalized spacial score (nSPS) is 16.2. The number of pyridine rings is 1. The molecule has 138 valence electrons. The second-order valence-corrected chi connectivity index (χ2v) is 7.88. The molecule has 0 radical (unpaired) electrons. The van der Waals surface area contributed by atoms with E-state index in [0.29, 0.717) is 5.56 Å². The highest BCUT2D eigenvalue weighted by molar-refractivity contribution is 5.97. The predicted molar refractivity (Wildman–Crippen MR) is 110 cm³/mol. The van der Waals surface area contributed by atoms with Crippen LogP contribution in [0.3, 0.4) is 0 Å². The number of rotatable bonds is 4. The van der Waals surface area contributed by atoms with E-state index in [0.717, 1.165) is 30.2 Å². The number of fused-ring (bicyclic) bond motifs is 1. The van der Waals surface area contributed by atoms with Gasteiger partial charge in [-0.1, -0.05) is 67.3 Å². The molecule has 0 saturated heterocycles. The maximum atomic E-state index is 13.1. The average Bonchev–Trinajstić information content (AvgIpc) is 2.68. The van der Waals surface area contributed by atoms with E-state index in [-0.39, 0.29) is 11.4 Å². The molecule has 27 heavy (non-hydrogen) atoms. The number of hydrogen-bond acceptors (Lipinski definition) is 2. The number of aryl methyl sites for hydroxylation is 1. The van der Waals surface area contributed by atoms with E-state index in [4.69, 9.17) is 0 Å². The molecule has 3 aromatic rings. The number of amides is 1. The van der Waals surface area contributed by atoms with Crippen molar-refractivity contribution in [2.24, 2.45) is 0 Å². The minimum absolute atomic E-state index is 0.0113. The summed E-state index contributed by atoms with van der Waals surface area (Å²) in [5.41, 5.74) is 3.97. The van der Waals surface area contributed by atoms with Crippen LogP contribution in [0.4, 0.5) is 0 Å². The third kappa shape index (κ3) is 4.02. The fourth-order valence-corrected chi connectivity index (χ4v) is 4.30. The van der Waals surface area contributed by atoms with Crippen molar-refractivity contribution < 1.29 is 4.79 Å². The molecule has 1 saturated carbocycles. The van der Waals surface area contributed by atoms with Crippen LogP contribution in [0.25, 0.3) is 10.9 Å². The van der Waals surface area contributed by atoms with E-state index >= 15 is 0 Å². The van der Waals surface area contributed by atoms with Gasteiger partial charge in [0.15, 0.2) is 0 Å². The molecule has 0 aliphatic heterocycles. The van der Waals surface area contributed by atoms with Crippen molar-refractivity contribution >= 4 is 16.8 Å². The molecule has 4 rings (SSSR count). The van der Waals surface area contributed by atoms with E-state index in [1.807, 2.05) is 30.3 Å². The van der Waals surface area contributed by atoms with Gasteiger partial charge in [0, 0.05) is 17.1 Å². The molecule has 0 unspecified atom stereocenters. The molecule has 1 N–H and O–H groups in total. The molecule has 0 spiro atoms. The number of benzene rings is 2.